The van der Waals surface area contributed by atoms with E-state index in [0.29, 0.717) is 31.6 Å². The molecule has 44 heavy (non-hydrogen) atoms. The average Bonchev–Trinajstić information content (AvgIpc) is 2.96. The molecule has 15 atom stereocenters. The Kier molecular flexibility index (Phi) is 7.81. The van der Waals surface area contributed by atoms with Gasteiger partial charge in [-0.1, -0.05) is 46.3 Å². The number of carbonyl (C=O) groups is 1. The van der Waals surface area contributed by atoms with E-state index in [1.165, 1.54) is 0 Å². The number of hydrogen-bond donors (Lipinski definition) is 6. The Morgan fingerprint density at radius 1 is 0.955 bits per heavy atom. The molecular formula is C35H56O9. The van der Waals surface area contributed by atoms with Crippen molar-refractivity contribution in [2.45, 2.75) is 136 Å². The third kappa shape index (κ3) is 4.12. The van der Waals surface area contributed by atoms with Crippen molar-refractivity contribution in [1.29, 1.82) is 0 Å². The van der Waals surface area contributed by atoms with Crippen molar-refractivity contribution >= 4 is 5.97 Å². The summed E-state index contributed by atoms with van der Waals surface area (Å²) in [5.41, 5.74) is -1.99. The van der Waals surface area contributed by atoms with Gasteiger partial charge in [-0.2, -0.15) is 0 Å². The minimum absolute atomic E-state index is 0.0126. The predicted molar refractivity (Wildman–Crippen MR) is 162 cm³/mol. The lowest BCUT2D eigenvalue weighted by Crippen LogP contribution is -2.68. The van der Waals surface area contributed by atoms with Crippen LogP contribution in [0.2, 0.25) is 0 Å². The van der Waals surface area contributed by atoms with E-state index in [1.807, 2.05) is 6.92 Å². The molecule has 250 valence electrons. The van der Waals surface area contributed by atoms with E-state index in [0.717, 1.165) is 37.7 Å². The number of allylic oxidation sites excluding steroid dienone is 1. The lowest BCUT2D eigenvalue weighted by Gasteiger charge is -2.72. The molecule has 4 saturated carbocycles. The Labute approximate surface area is 262 Å². The molecule has 5 aliphatic carbocycles. The number of aliphatic hydroxyl groups excluding tert-OH is 4. The summed E-state index contributed by atoms with van der Waals surface area (Å²) in [7, 11) is 0. The maximum Gasteiger partial charge on any atom is 0.310 e. The molecule has 0 aromatic rings. The quantitative estimate of drug-likeness (QED) is 0.204. The smallest absolute Gasteiger partial charge is 0.310 e. The molecule has 1 heterocycles. The van der Waals surface area contributed by atoms with Crippen molar-refractivity contribution in [3.05, 3.63) is 11.6 Å². The number of fused-ring (bicyclic) bond motifs is 7. The first-order valence-electron chi connectivity index (χ1n) is 17.0. The second-order valence-corrected chi connectivity index (χ2v) is 16.9. The van der Waals surface area contributed by atoms with E-state index < -0.39 is 59.0 Å². The molecular weight excluding hydrogens is 564 g/mol. The maximum atomic E-state index is 13.0. The third-order valence-electron chi connectivity index (χ3n) is 15.3. The van der Waals surface area contributed by atoms with Gasteiger partial charge < -0.3 is 40.1 Å². The van der Waals surface area contributed by atoms with E-state index in [2.05, 4.69) is 40.7 Å². The first kappa shape index (κ1) is 32.9. The summed E-state index contributed by atoms with van der Waals surface area (Å²) in [6, 6.07) is 0. The average molecular weight is 621 g/mol. The van der Waals surface area contributed by atoms with Crippen LogP contribution in [-0.2, 0) is 14.3 Å². The van der Waals surface area contributed by atoms with Crippen molar-refractivity contribution in [2.75, 3.05) is 13.2 Å². The van der Waals surface area contributed by atoms with Gasteiger partial charge in [0.2, 0.25) is 0 Å². The molecule has 0 radical (unpaired) electrons. The minimum Gasteiger partial charge on any atom is -0.481 e. The normalized spacial score (nSPS) is 57.2. The number of hydrogen-bond acceptors (Lipinski definition) is 8. The zero-order valence-electron chi connectivity index (χ0n) is 27.5. The molecule has 0 amide bonds. The van der Waals surface area contributed by atoms with Gasteiger partial charge in [0.1, 0.15) is 18.3 Å². The fourth-order valence-corrected chi connectivity index (χ4v) is 12.1. The van der Waals surface area contributed by atoms with Crippen LogP contribution in [0.4, 0.5) is 0 Å². The van der Waals surface area contributed by atoms with Gasteiger partial charge in [0.05, 0.1) is 30.3 Å². The number of carboxylic acid groups (broad SMARTS) is 1. The molecule has 1 aliphatic heterocycles. The summed E-state index contributed by atoms with van der Waals surface area (Å²) >= 11 is 0. The van der Waals surface area contributed by atoms with Gasteiger partial charge in [-0.25, -0.2) is 0 Å². The summed E-state index contributed by atoms with van der Waals surface area (Å²) in [5, 5.41) is 64.4. The fourth-order valence-electron chi connectivity index (χ4n) is 12.1. The molecule has 0 aromatic heterocycles. The number of aliphatic carboxylic acids is 1. The predicted octanol–water partition coefficient (Wildman–Crippen LogP) is 3.64. The minimum atomic E-state index is -1.38. The SMILES string of the molecule is C[C@H]1CC[C@]2(C(=O)O)CC[C@]3(C)C(=CC[C@@H]4[C@@]5(C)CC[C@H](O[C@@H]6OC[C@H](O)[C@H](O)[C@H]6O)[C@@](C)(CO)[C@@H]5CC[C@]43C)[C@@H]2[C@]1(C)O. The molecule has 1 saturated heterocycles. The topological polar surface area (TPSA) is 157 Å². The van der Waals surface area contributed by atoms with Crippen LogP contribution in [0, 0.1) is 50.7 Å². The van der Waals surface area contributed by atoms with Crippen molar-refractivity contribution in [3.8, 4) is 0 Å². The summed E-state index contributed by atoms with van der Waals surface area (Å²) in [4.78, 5) is 13.0. The summed E-state index contributed by atoms with van der Waals surface area (Å²) in [6.07, 6.45) is 3.74. The molecule has 6 aliphatic rings. The van der Waals surface area contributed by atoms with Crippen LogP contribution in [0.3, 0.4) is 0 Å². The Morgan fingerprint density at radius 3 is 2.32 bits per heavy atom. The van der Waals surface area contributed by atoms with E-state index in [1.54, 1.807) is 0 Å². The highest BCUT2D eigenvalue weighted by atomic mass is 16.7. The lowest BCUT2D eigenvalue weighted by molar-refractivity contribution is -0.312. The number of carboxylic acids is 1. The maximum absolute atomic E-state index is 13.0. The summed E-state index contributed by atoms with van der Waals surface area (Å²) < 4.78 is 12.0. The largest absolute Gasteiger partial charge is 0.481 e. The third-order valence-corrected chi connectivity index (χ3v) is 15.3. The molecule has 9 heteroatoms. The molecule has 0 bridgehead atoms. The monoisotopic (exact) mass is 620 g/mol. The molecule has 6 rings (SSSR count). The number of rotatable bonds is 4. The van der Waals surface area contributed by atoms with E-state index in [4.69, 9.17) is 9.47 Å². The van der Waals surface area contributed by atoms with Crippen LogP contribution in [0.5, 0.6) is 0 Å². The van der Waals surface area contributed by atoms with Crippen LogP contribution in [0.1, 0.15) is 99.3 Å². The van der Waals surface area contributed by atoms with Crippen LogP contribution in [0.25, 0.3) is 0 Å². The molecule has 0 spiro atoms. The second-order valence-electron chi connectivity index (χ2n) is 16.9. The molecule has 5 fully saturated rings. The lowest BCUT2D eigenvalue weighted by atomic mass is 9.33. The van der Waals surface area contributed by atoms with Gasteiger partial charge in [0.25, 0.3) is 0 Å². The molecule has 0 aromatic carbocycles. The summed E-state index contributed by atoms with van der Waals surface area (Å²) in [6.45, 7) is 12.9. The highest BCUT2D eigenvalue weighted by Crippen LogP contribution is 2.76. The van der Waals surface area contributed by atoms with E-state index in [9.17, 15) is 35.4 Å². The van der Waals surface area contributed by atoms with Crippen molar-refractivity contribution in [1.82, 2.24) is 0 Å². The molecule has 0 unspecified atom stereocenters. The van der Waals surface area contributed by atoms with Gasteiger partial charge in [-0.05, 0) is 98.7 Å². The standard InChI is InChI=1S/C35H56O9/c1-19-9-14-35(29(40)41)16-15-32(4)20(27(35)34(19,6)42)7-8-23-30(2)12-11-24(44-28-26(39)25(38)21(37)17-43-28)31(3,18-36)22(30)10-13-33(23,32)5/h7,19,21-28,36-39,42H,8-18H2,1-6H3,(H,40,41)/t19-,21-,22+,23+,24-,25-,26+,27+,28-,30-,31-,32+,33+,34+,35-/m0/s1. The van der Waals surface area contributed by atoms with Gasteiger partial charge in [0.15, 0.2) is 6.29 Å². The zero-order chi connectivity index (χ0) is 32.3. The Hall–Kier alpha value is -1.07. The first-order chi connectivity index (χ1) is 20.4. The van der Waals surface area contributed by atoms with Gasteiger partial charge >= 0.3 is 5.97 Å². The second kappa shape index (κ2) is 10.5. The Balaban J connectivity index is 1.34. The van der Waals surface area contributed by atoms with Crippen LogP contribution < -0.4 is 0 Å². The van der Waals surface area contributed by atoms with Gasteiger partial charge in [0, 0.05) is 11.3 Å². The number of ether oxygens (including phenoxy) is 2. The molecule has 9 nitrogen and oxygen atoms in total. The highest BCUT2D eigenvalue weighted by molar-refractivity contribution is 5.77. The Morgan fingerprint density at radius 2 is 1.66 bits per heavy atom. The Bertz CT molecular complexity index is 1190. The number of aliphatic hydroxyl groups is 5. The van der Waals surface area contributed by atoms with Gasteiger partial charge in [-0.3, -0.25) is 4.79 Å². The van der Waals surface area contributed by atoms with Crippen LogP contribution in [-0.4, -0.2) is 86.1 Å². The fraction of sp³-hybridized carbons (Fsp3) is 0.914. The van der Waals surface area contributed by atoms with Gasteiger partial charge in [-0.15, -0.1) is 0 Å². The van der Waals surface area contributed by atoms with Crippen molar-refractivity contribution < 1.29 is 44.9 Å². The first-order valence-corrected chi connectivity index (χ1v) is 17.0. The van der Waals surface area contributed by atoms with Crippen molar-refractivity contribution in [2.24, 2.45) is 50.7 Å². The van der Waals surface area contributed by atoms with E-state index >= 15 is 0 Å². The highest BCUT2D eigenvalue weighted by Gasteiger charge is 2.71. The summed E-state index contributed by atoms with van der Waals surface area (Å²) in [5.74, 6) is -0.747. The van der Waals surface area contributed by atoms with E-state index in [-0.39, 0.29) is 41.3 Å². The zero-order valence-corrected chi connectivity index (χ0v) is 27.5. The van der Waals surface area contributed by atoms with Crippen LogP contribution in [0.15, 0.2) is 11.6 Å². The molecule has 6 N–H and O–H groups in total. The van der Waals surface area contributed by atoms with Crippen molar-refractivity contribution in [3.63, 3.8) is 0 Å². The van der Waals surface area contributed by atoms with Crippen LogP contribution >= 0.6 is 0 Å².